The third-order valence-electron chi connectivity index (χ3n) is 2.25. The summed E-state index contributed by atoms with van der Waals surface area (Å²) in [4.78, 5) is 12.9. The van der Waals surface area contributed by atoms with Crippen molar-refractivity contribution in [3.63, 3.8) is 0 Å². The minimum Gasteiger partial charge on any atom is -0.329 e. The molecule has 3 nitrogen and oxygen atoms in total. The number of nitrogens with zero attached hydrogens (tertiary/aromatic N) is 2. The van der Waals surface area contributed by atoms with Crippen LogP contribution in [0.15, 0.2) is 0 Å². The maximum absolute atomic E-state index is 11.2. The highest BCUT2D eigenvalue weighted by molar-refractivity contribution is 5.78. The van der Waals surface area contributed by atoms with Crippen LogP contribution in [-0.2, 0) is 4.79 Å². The summed E-state index contributed by atoms with van der Waals surface area (Å²) in [5.74, 6) is 0.644. The van der Waals surface area contributed by atoms with Crippen LogP contribution in [0.4, 0.5) is 0 Å². The number of hydrogen-bond donors (Lipinski definition) is 0. The Balaban J connectivity index is 2.40. The van der Waals surface area contributed by atoms with Gasteiger partial charge in [-0.1, -0.05) is 13.3 Å². The van der Waals surface area contributed by atoms with Crippen LogP contribution in [-0.4, -0.2) is 23.9 Å². The monoisotopic (exact) mass is 166 g/mol. The van der Waals surface area contributed by atoms with E-state index in [4.69, 9.17) is 5.26 Å². The molecule has 1 unspecified atom stereocenters. The van der Waals surface area contributed by atoms with Crippen molar-refractivity contribution in [1.82, 2.24) is 4.90 Å². The Labute approximate surface area is 73.0 Å². The molecule has 0 aromatic carbocycles. The third kappa shape index (κ3) is 1.97. The van der Waals surface area contributed by atoms with Gasteiger partial charge in [-0.2, -0.15) is 5.26 Å². The van der Waals surface area contributed by atoms with E-state index in [2.05, 4.69) is 6.92 Å². The molecule has 3 heteroatoms. The van der Waals surface area contributed by atoms with Crippen LogP contribution >= 0.6 is 0 Å². The molecule has 0 radical (unpaired) electrons. The van der Waals surface area contributed by atoms with Crippen molar-refractivity contribution in [2.75, 3.05) is 13.1 Å². The lowest BCUT2D eigenvalue weighted by atomic mass is 10.0. The lowest BCUT2D eigenvalue weighted by Crippen LogP contribution is -2.25. The fourth-order valence-corrected chi connectivity index (χ4v) is 1.69. The van der Waals surface area contributed by atoms with Crippen molar-refractivity contribution in [1.29, 1.82) is 5.26 Å². The second-order valence-electron chi connectivity index (χ2n) is 3.29. The van der Waals surface area contributed by atoms with Gasteiger partial charge in [0.25, 0.3) is 0 Å². The molecule has 0 aromatic heterocycles. The predicted molar refractivity (Wildman–Crippen MR) is 45.2 cm³/mol. The van der Waals surface area contributed by atoms with Gasteiger partial charge in [0.1, 0.15) is 6.54 Å². The Morgan fingerprint density at radius 2 is 2.50 bits per heavy atom. The summed E-state index contributed by atoms with van der Waals surface area (Å²) in [6, 6.07) is 2.01. The van der Waals surface area contributed by atoms with Gasteiger partial charge >= 0.3 is 0 Å². The van der Waals surface area contributed by atoms with E-state index in [0.29, 0.717) is 12.3 Å². The van der Waals surface area contributed by atoms with Gasteiger partial charge in [0.15, 0.2) is 0 Å². The second kappa shape index (κ2) is 4.10. The highest BCUT2D eigenvalue weighted by Crippen LogP contribution is 2.21. The molecule has 12 heavy (non-hydrogen) atoms. The summed E-state index contributed by atoms with van der Waals surface area (Å²) in [5, 5.41) is 8.42. The Morgan fingerprint density at radius 3 is 3.08 bits per heavy atom. The molecule has 0 aromatic rings. The molecule has 0 bridgehead atoms. The molecule has 1 fully saturated rings. The number of carbonyl (C=O) groups is 1. The Hall–Kier alpha value is -1.04. The molecule has 0 aliphatic carbocycles. The van der Waals surface area contributed by atoms with Crippen LogP contribution in [0.2, 0.25) is 0 Å². The van der Waals surface area contributed by atoms with Crippen molar-refractivity contribution in [3.05, 3.63) is 0 Å². The molecule has 1 aliphatic heterocycles. The molecule has 1 heterocycles. The minimum atomic E-state index is 0.148. The van der Waals surface area contributed by atoms with Gasteiger partial charge in [-0.05, 0) is 12.3 Å². The van der Waals surface area contributed by atoms with E-state index in [1.807, 2.05) is 6.07 Å². The Kier molecular flexibility index (Phi) is 3.09. The topological polar surface area (TPSA) is 44.1 Å². The molecular weight excluding hydrogens is 152 g/mol. The van der Waals surface area contributed by atoms with E-state index in [0.717, 1.165) is 19.4 Å². The summed E-state index contributed by atoms with van der Waals surface area (Å²) >= 11 is 0. The molecule has 0 N–H and O–H groups in total. The SMILES string of the molecule is CCCC1CC(=O)N(CC#N)C1. The lowest BCUT2D eigenvalue weighted by Gasteiger charge is -2.11. The molecular formula is C9H14N2O. The third-order valence-corrected chi connectivity index (χ3v) is 2.25. The lowest BCUT2D eigenvalue weighted by molar-refractivity contribution is -0.127. The van der Waals surface area contributed by atoms with E-state index in [9.17, 15) is 4.79 Å². The number of hydrogen-bond acceptors (Lipinski definition) is 2. The molecule has 1 amide bonds. The van der Waals surface area contributed by atoms with Gasteiger partial charge in [0, 0.05) is 13.0 Å². The van der Waals surface area contributed by atoms with E-state index < -0.39 is 0 Å². The van der Waals surface area contributed by atoms with E-state index in [1.165, 1.54) is 0 Å². The van der Waals surface area contributed by atoms with E-state index in [-0.39, 0.29) is 12.5 Å². The summed E-state index contributed by atoms with van der Waals surface area (Å²) < 4.78 is 0. The predicted octanol–water partition coefficient (Wildman–Crippen LogP) is 1.16. The number of nitriles is 1. The average Bonchev–Trinajstić information content (AvgIpc) is 2.34. The smallest absolute Gasteiger partial charge is 0.223 e. The number of rotatable bonds is 3. The van der Waals surface area contributed by atoms with Gasteiger partial charge in [-0.25, -0.2) is 0 Å². The zero-order valence-corrected chi connectivity index (χ0v) is 7.42. The van der Waals surface area contributed by atoms with Crippen molar-refractivity contribution in [2.45, 2.75) is 26.2 Å². The van der Waals surface area contributed by atoms with E-state index >= 15 is 0 Å². The second-order valence-corrected chi connectivity index (χ2v) is 3.29. The van der Waals surface area contributed by atoms with Crippen LogP contribution in [0.25, 0.3) is 0 Å². The fraction of sp³-hybridized carbons (Fsp3) is 0.778. The standard InChI is InChI=1S/C9H14N2O/c1-2-3-8-6-9(12)11(7-8)5-4-10/h8H,2-3,5-7H2,1H3. The molecule has 66 valence electrons. The Morgan fingerprint density at radius 1 is 1.75 bits per heavy atom. The van der Waals surface area contributed by atoms with Crippen LogP contribution in [0.5, 0.6) is 0 Å². The van der Waals surface area contributed by atoms with Gasteiger partial charge in [0.05, 0.1) is 6.07 Å². The van der Waals surface area contributed by atoms with Gasteiger partial charge in [-0.15, -0.1) is 0 Å². The fourth-order valence-electron chi connectivity index (χ4n) is 1.69. The normalized spacial score (nSPS) is 22.8. The van der Waals surface area contributed by atoms with Crippen molar-refractivity contribution in [3.8, 4) is 6.07 Å². The molecule has 1 aliphatic rings. The molecule has 1 rings (SSSR count). The number of likely N-dealkylation sites (tertiary alicyclic amines) is 1. The first kappa shape index (κ1) is 9.05. The van der Waals surface area contributed by atoms with Gasteiger partial charge in [0.2, 0.25) is 5.91 Å². The minimum absolute atomic E-state index is 0.148. The van der Waals surface area contributed by atoms with Crippen LogP contribution in [0.3, 0.4) is 0 Å². The van der Waals surface area contributed by atoms with Crippen molar-refractivity contribution in [2.24, 2.45) is 5.92 Å². The number of amides is 1. The van der Waals surface area contributed by atoms with Crippen molar-refractivity contribution < 1.29 is 4.79 Å². The van der Waals surface area contributed by atoms with Gasteiger partial charge in [-0.3, -0.25) is 4.79 Å². The zero-order valence-electron chi connectivity index (χ0n) is 7.42. The summed E-state index contributed by atoms with van der Waals surface area (Å²) in [5.41, 5.74) is 0. The van der Waals surface area contributed by atoms with Gasteiger partial charge < -0.3 is 4.90 Å². The quantitative estimate of drug-likeness (QED) is 0.590. The molecule has 0 saturated carbocycles. The Bertz CT molecular complexity index is 207. The number of carbonyl (C=O) groups excluding carboxylic acids is 1. The van der Waals surface area contributed by atoms with E-state index in [1.54, 1.807) is 4.90 Å². The summed E-state index contributed by atoms with van der Waals surface area (Å²) in [7, 11) is 0. The molecule has 1 atom stereocenters. The highest BCUT2D eigenvalue weighted by atomic mass is 16.2. The summed E-state index contributed by atoms with van der Waals surface area (Å²) in [6.07, 6.45) is 2.88. The summed E-state index contributed by atoms with van der Waals surface area (Å²) in [6.45, 7) is 3.18. The largest absolute Gasteiger partial charge is 0.329 e. The first-order valence-electron chi connectivity index (χ1n) is 4.42. The zero-order chi connectivity index (χ0) is 8.97. The maximum Gasteiger partial charge on any atom is 0.223 e. The van der Waals surface area contributed by atoms with Crippen LogP contribution in [0, 0.1) is 17.2 Å². The average molecular weight is 166 g/mol. The molecule has 1 saturated heterocycles. The van der Waals surface area contributed by atoms with Crippen LogP contribution in [0.1, 0.15) is 26.2 Å². The maximum atomic E-state index is 11.2. The van der Waals surface area contributed by atoms with Crippen molar-refractivity contribution >= 4 is 5.91 Å². The highest BCUT2D eigenvalue weighted by Gasteiger charge is 2.28. The first-order chi connectivity index (χ1) is 5.77. The van der Waals surface area contributed by atoms with Crippen LogP contribution < -0.4 is 0 Å². The molecule has 0 spiro atoms. The first-order valence-corrected chi connectivity index (χ1v) is 4.42.